The van der Waals surface area contributed by atoms with Crippen molar-refractivity contribution < 1.29 is 24.5 Å². The highest BCUT2D eigenvalue weighted by atomic mass is 16.5. The van der Waals surface area contributed by atoms with Gasteiger partial charge in [0.1, 0.15) is 23.0 Å². The summed E-state index contributed by atoms with van der Waals surface area (Å²) in [6.45, 7) is 5.39. The van der Waals surface area contributed by atoms with Crippen molar-refractivity contribution in [3.63, 3.8) is 0 Å². The Bertz CT molecular complexity index is 1640. The quantitative estimate of drug-likeness (QED) is 0.299. The number of benzene rings is 1. The lowest BCUT2D eigenvalue weighted by Gasteiger charge is -2.41. The molecule has 2 aliphatic heterocycles. The number of piperidine rings is 1. The number of ketones is 1. The van der Waals surface area contributed by atoms with Crippen LogP contribution in [0.4, 0.5) is 0 Å². The highest BCUT2D eigenvalue weighted by Crippen LogP contribution is 2.59. The number of aliphatic hydroxyl groups excluding tert-OH is 1. The van der Waals surface area contributed by atoms with Crippen molar-refractivity contribution >= 4 is 17.3 Å². The lowest BCUT2D eigenvalue weighted by Crippen LogP contribution is -2.38. The van der Waals surface area contributed by atoms with Crippen LogP contribution in [-0.4, -0.2) is 46.4 Å². The molecule has 3 atom stereocenters. The van der Waals surface area contributed by atoms with Gasteiger partial charge in [0.15, 0.2) is 5.78 Å². The Morgan fingerprint density at radius 3 is 2.44 bits per heavy atom. The SMILES string of the molecule is C/C=C(\C=C(\CN1CCCCC1)C1CC1)c1ccc(O)c2c1CC1CC3CC(O)=C(C(N)=O)C4=C(C5CCC5)OC(=C1C2=O)C43. The van der Waals surface area contributed by atoms with E-state index in [2.05, 4.69) is 24.0 Å². The lowest BCUT2D eigenvalue weighted by atomic mass is 9.61. The molecule has 3 fully saturated rings. The molecule has 2 saturated carbocycles. The van der Waals surface area contributed by atoms with Crippen molar-refractivity contribution in [3.8, 4) is 5.75 Å². The number of fused-ring (bicyclic) bond motifs is 2. The molecular formula is C38H44N2O5. The second-order valence-corrected chi connectivity index (χ2v) is 14.4. The van der Waals surface area contributed by atoms with Gasteiger partial charge in [-0.3, -0.25) is 14.5 Å². The number of likely N-dealkylation sites (tertiary alicyclic amines) is 1. The minimum Gasteiger partial charge on any atom is -0.511 e. The summed E-state index contributed by atoms with van der Waals surface area (Å²) in [5.74, 6) is 1.06. The molecule has 2 heterocycles. The number of hydrogen-bond acceptors (Lipinski definition) is 6. The Morgan fingerprint density at radius 2 is 1.78 bits per heavy atom. The Labute approximate surface area is 265 Å². The Hall–Kier alpha value is -3.58. The summed E-state index contributed by atoms with van der Waals surface area (Å²) in [4.78, 5) is 29.7. The molecule has 0 aromatic heterocycles. The zero-order valence-corrected chi connectivity index (χ0v) is 26.2. The summed E-state index contributed by atoms with van der Waals surface area (Å²) >= 11 is 0. The third kappa shape index (κ3) is 4.72. The number of allylic oxidation sites excluding steroid dienone is 7. The van der Waals surface area contributed by atoms with Crippen LogP contribution < -0.4 is 5.73 Å². The first-order chi connectivity index (χ1) is 21.8. The van der Waals surface area contributed by atoms with Gasteiger partial charge in [-0.25, -0.2) is 0 Å². The fraction of sp³-hybridized carbons (Fsp3) is 0.526. The summed E-state index contributed by atoms with van der Waals surface area (Å²) < 4.78 is 6.64. The number of carbonyl (C=O) groups is 2. The van der Waals surface area contributed by atoms with Crippen molar-refractivity contribution in [2.24, 2.45) is 35.3 Å². The molecule has 45 heavy (non-hydrogen) atoms. The summed E-state index contributed by atoms with van der Waals surface area (Å²) in [5, 5.41) is 22.3. The summed E-state index contributed by atoms with van der Waals surface area (Å²) in [6.07, 6.45) is 15.5. The minimum absolute atomic E-state index is 0.00648. The van der Waals surface area contributed by atoms with Crippen molar-refractivity contribution in [2.45, 2.75) is 77.6 Å². The number of rotatable bonds is 7. The van der Waals surface area contributed by atoms with Crippen molar-refractivity contribution in [3.05, 3.63) is 80.5 Å². The number of ether oxygens (including phenoxy) is 1. The van der Waals surface area contributed by atoms with Gasteiger partial charge < -0.3 is 20.7 Å². The fourth-order valence-electron chi connectivity index (χ4n) is 9.12. The van der Waals surface area contributed by atoms with Crippen LogP contribution in [0.5, 0.6) is 5.75 Å². The zero-order valence-electron chi connectivity index (χ0n) is 26.2. The average Bonchev–Trinajstić information content (AvgIpc) is 3.77. The molecule has 8 rings (SSSR count). The van der Waals surface area contributed by atoms with Crippen molar-refractivity contribution in [2.75, 3.05) is 19.6 Å². The predicted molar refractivity (Wildman–Crippen MR) is 172 cm³/mol. The van der Waals surface area contributed by atoms with E-state index in [9.17, 15) is 19.8 Å². The topological polar surface area (TPSA) is 113 Å². The van der Waals surface area contributed by atoms with Crippen LogP contribution in [0.15, 0.2) is 63.9 Å². The molecule has 0 radical (unpaired) electrons. The number of Topliss-reactive ketones (excluding diaryl/α,β-unsaturated/α-hetero) is 1. The predicted octanol–water partition coefficient (Wildman–Crippen LogP) is 6.65. The molecule has 1 amide bonds. The van der Waals surface area contributed by atoms with E-state index in [0.717, 1.165) is 61.4 Å². The van der Waals surface area contributed by atoms with Gasteiger partial charge in [0.05, 0.1) is 17.1 Å². The second kappa shape index (κ2) is 11.0. The highest BCUT2D eigenvalue weighted by molar-refractivity contribution is 6.14. The van der Waals surface area contributed by atoms with Crippen molar-refractivity contribution in [1.29, 1.82) is 0 Å². The smallest absolute Gasteiger partial charge is 0.252 e. The standard InChI is InChI=1S/C38H44N2O5/c1-2-20(15-25(21-9-10-21)19-40-13-4-3-5-14-40)26-11-12-28(41)32-27(26)17-23-16-24-18-29(42)33(38(39)44)34-30(24)37(31(23)35(32)43)45-36(34)22-7-6-8-22/h2,11-12,15,21-24,30,41-42H,3-10,13-14,16-19H2,1H3,(H2,39,44)/b20-2+,25-15-. The first-order valence-electron chi connectivity index (χ1n) is 17.2. The van der Waals surface area contributed by atoms with Crippen molar-refractivity contribution in [1.82, 2.24) is 4.90 Å². The van der Waals surface area contributed by atoms with Gasteiger partial charge in [0.2, 0.25) is 0 Å². The molecule has 7 aliphatic rings. The molecule has 236 valence electrons. The molecular weight excluding hydrogens is 564 g/mol. The largest absolute Gasteiger partial charge is 0.511 e. The van der Waals surface area contributed by atoms with Crippen LogP contribution in [0.3, 0.4) is 0 Å². The third-order valence-corrected chi connectivity index (χ3v) is 11.7. The van der Waals surface area contributed by atoms with Gasteiger partial charge in [-0.2, -0.15) is 0 Å². The number of aromatic hydroxyl groups is 1. The Balaban J connectivity index is 1.19. The average molecular weight is 609 g/mol. The summed E-state index contributed by atoms with van der Waals surface area (Å²) in [5.41, 5.74) is 12.2. The van der Waals surface area contributed by atoms with E-state index in [-0.39, 0.29) is 46.5 Å². The number of carbonyl (C=O) groups excluding carboxylic acids is 2. The molecule has 1 saturated heterocycles. The highest BCUT2D eigenvalue weighted by Gasteiger charge is 2.54. The summed E-state index contributed by atoms with van der Waals surface area (Å²) in [7, 11) is 0. The molecule has 5 aliphatic carbocycles. The normalized spacial score (nSPS) is 28.9. The van der Waals surface area contributed by atoms with Crippen LogP contribution in [0.25, 0.3) is 5.57 Å². The molecule has 1 aromatic carbocycles. The van der Waals surface area contributed by atoms with Crippen LogP contribution >= 0.6 is 0 Å². The van der Waals surface area contributed by atoms with E-state index in [0.29, 0.717) is 47.6 Å². The van der Waals surface area contributed by atoms with E-state index >= 15 is 0 Å². The van der Waals surface area contributed by atoms with E-state index in [1.807, 2.05) is 6.07 Å². The lowest BCUT2D eigenvalue weighted by molar-refractivity contribution is -0.114. The number of nitrogens with two attached hydrogens (primary N) is 1. The van der Waals surface area contributed by atoms with E-state index in [1.165, 1.54) is 37.7 Å². The number of hydrogen-bond donors (Lipinski definition) is 3. The van der Waals surface area contributed by atoms with Gasteiger partial charge >= 0.3 is 0 Å². The molecule has 0 spiro atoms. The Kier molecular flexibility index (Phi) is 7.08. The van der Waals surface area contributed by atoms with Crippen LogP contribution in [-0.2, 0) is 16.0 Å². The minimum atomic E-state index is -0.643. The van der Waals surface area contributed by atoms with Gasteiger partial charge in [0.25, 0.3) is 5.91 Å². The number of primary amides is 1. The molecule has 1 aromatic rings. The van der Waals surface area contributed by atoms with E-state index < -0.39 is 5.91 Å². The number of aliphatic hydroxyl groups is 1. The van der Waals surface area contributed by atoms with Gasteiger partial charge in [-0.15, -0.1) is 0 Å². The monoisotopic (exact) mass is 608 g/mol. The summed E-state index contributed by atoms with van der Waals surface area (Å²) in [6, 6.07) is 3.66. The van der Waals surface area contributed by atoms with Gasteiger partial charge in [-0.05, 0) is 112 Å². The number of amides is 1. The fourth-order valence-corrected chi connectivity index (χ4v) is 9.12. The van der Waals surface area contributed by atoms with Crippen LogP contribution in [0, 0.1) is 29.6 Å². The van der Waals surface area contributed by atoms with Gasteiger partial charge in [-0.1, -0.05) is 36.6 Å². The maximum atomic E-state index is 14.5. The first kappa shape index (κ1) is 28.9. The van der Waals surface area contributed by atoms with Crippen LogP contribution in [0.2, 0.25) is 0 Å². The molecule has 4 N–H and O–H groups in total. The maximum absolute atomic E-state index is 14.5. The second-order valence-electron chi connectivity index (χ2n) is 14.4. The molecule has 7 nitrogen and oxygen atoms in total. The third-order valence-electron chi connectivity index (χ3n) is 11.7. The number of phenolic OH excluding ortho intramolecular Hbond substituents is 1. The zero-order chi connectivity index (χ0) is 31.0. The maximum Gasteiger partial charge on any atom is 0.252 e. The van der Waals surface area contributed by atoms with Gasteiger partial charge in [0, 0.05) is 30.0 Å². The number of phenols is 1. The number of nitrogens with zero attached hydrogens (tertiary/aromatic N) is 1. The van der Waals surface area contributed by atoms with E-state index in [4.69, 9.17) is 10.5 Å². The molecule has 3 unspecified atom stereocenters. The molecule has 0 bridgehead atoms. The molecule has 7 heteroatoms. The first-order valence-corrected chi connectivity index (χ1v) is 17.2. The van der Waals surface area contributed by atoms with E-state index in [1.54, 1.807) is 6.07 Å². The van der Waals surface area contributed by atoms with Crippen LogP contribution in [0.1, 0.15) is 92.6 Å². The Morgan fingerprint density at radius 1 is 1.00 bits per heavy atom.